The number of halogens is 1. The van der Waals surface area contributed by atoms with E-state index < -0.39 is 29.6 Å². The van der Waals surface area contributed by atoms with Gasteiger partial charge in [0.2, 0.25) is 0 Å². The summed E-state index contributed by atoms with van der Waals surface area (Å²) in [5.41, 5.74) is 5.14. The van der Waals surface area contributed by atoms with Crippen LogP contribution in [0.2, 0.25) is 0 Å². The molecular weight excluding hydrogens is 339 g/mol. The van der Waals surface area contributed by atoms with Gasteiger partial charge in [0, 0.05) is 23.5 Å². The zero-order valence-corrected chi connectivity index (χ0v) is 14.3. The smallest absolute Gasteiger partial charge is 0.269 e. The van der Waals surface area contributed by atoms with Crippen LogP contribution in [0.15, 0.2) is 48.8 Å². The Hall–Kier alpha value is -3.29. The first kappa shape index (κ1) is 19.0. The van der Waals surface area contributed by atoms with Crippen LogP contribution in [-0.2, 0) is 4.79 Å². The Balaban J connectivity index is 1.97. The summed E-state index contributed by atoms with van der Waals surface area (Å²) < 4.78 is 12.9. The van der Waals surface area contributed by atoms with Gasteiger partial charge in [0.05, 0.1) is 0 Å². The molecule has 26 heavy (non-hydrogen) atoms. The average Bonchev–Trinajstić information content (AvgIpc) is 2.64. The van der Waals surface area contributed by atoms with Crippen molar-refractivity contribution in [1.29, 1.82) is 0 Å². The van der Waals surface area contributed by atoms with Gasteiger partial charge in [0.25, 0.3) is 17.7 Å². The topological polar surface area (TPSA) is 100 Å². The average molecular weight is 358 g/mol. The molecular formula is C18H19FN4O3. The molecule has 3 amide bonds. The van der Waals surface area contributed by atoms with Crippen LogP contribution in [-0.4, -0.2) is 28.7 Å². The number of rotatable bonds is 5. The molecule has 0 spiro atoms. The fraction of sp³-hybridized carbons (Fsp3) is 0.222. The lowest BCUT2D eigenvalue weighted by atomic mass is 10.0. The number of amides is 3. The molecule has 0 bridgehead atoms. The molecule has 0 aliphatic rings. The van der Waals surface area contributed by atoms with E-state index in [2.05, 4.69) is 21.2 Å². The lowest BCUT2D eigenvalue weighted by Crippen LogP contribution is -2.54. The highest BCUT2D eigenvalue weighted by molar-refractivity contribution is 5.99. The van der Waals surface area contributed by atoms with E-state index in [1.807, 2.05) is 0 Å². The van der Waals surface area contributed by atoms with Gasteiger partial charge in [0.1, 0.15) is 11.9 Å². The molecule has 136 valence electrons. The minimum atomic E-state index is -0.884. The fourth-order valence-electron chi connectivity index (χ4n) is 2.13. The standard InChI is InChI=1S/C18H19FN4O3/c1-11(2)15(21-16(24)12-3-5-14(19)6-4-12)18(26)23-22-17(25)13-7-9-20-10-8-13/h3-11,15H,1-2H3,(H,21,24)(H,22,25)(H,23,26)/t15-/m0/s1. The molecule has 0 saturated carbocycles. The van der Waals surface area contributed by atoms with E-state index in [9.17, 15) is 18.8 Å². The van der Waals surface area contributed by atoms with Gasteiger partial charge in [-0.3, -0.25) is 30.2 Å². The first-order valence-corrected chi connectivity index (χ1v) is 7.95. The van der Waals surface area contributed by atoms with Crippen molar-refractivity contribution < 1.29 is 18.8 Å². The number of pyridine rings is 1. The van der Waals surface area contributed by atoms with Crippen LogP contribution in [0.5, 0.6) is 0 Å². The molecule has 0 unspecified atom stereocenters. The molecule has 1 heterocycles. The molecule has 3 N–H and O–H groups in total. The number of hydrazine groups is 1. The third-order valence-corrected chi connectivity index (χ3v) is 3.58. The molecule has 0 radical (unpaired) electrons. The molecule has 1 atom stereocenters. The maximum atomic E-state index is 12.9. The van der Waals surface area contributed by atoms with Crippen molar-refractivity contribution in [3.8, 4) is 0 Å². The number of hydrogen-bond donors (Lipinski definition) is 3. The van der Waals surface area contributed by atoms with E-state index in [0.717, 1.165) is 12.1 Å². The van der Waals surface area contributed by atoms with Crippen LogP contribution in [0.3, 0.4) is 0 Å². The van der Waals surface area contributed by atoms with E-state index in [1.54, 1.807) is 13.8 Å². The summed E-state index contributed by atoms with van der Waals surface area (Å²) in [6.45, 7) is 3.50. The molecule has 0 aliphatic carbocycles. The van der Waals surface area contributed by atoms with Crippen LogP contribution >= 0.6 is 0 Å². The molecule has 1 aromatic carbocycles. The fourth-order valence-corrected chi connectivity index (χ4v) is 2.13. The van der Waals surface area contributed by atoms with Crippen molar-refractivity contribution in [2.45, 2.75) is 19.9 Å². The van der Waals surface area contributed by atoms with Crippen molar-refractivity contribution in [1.82, 2.24) is 21.2 Å². The van der Waals surface area contributed by atoms with E-state index in [1.165, 1.54) is 36.7 Å². The lowest BCUT2D eigenvalue weighted by Gasteiger charge is -2.22. The van der Waals surface area contributed by atoms with Gasteiger partial charge in [-0.2, -0.15) is 0 Å². The Labute approximate surface area is 150 Å². The van der Waals surface area contributed by atoms with Crippen LogP contribution in [0.1, 0.15) is 34.6 Å². The van der Waals surface area contributed by atoms with E-state index >= 15 is 0 Å². The monoisotopic (exact) mass is 358 g/mol. The third kappa shape index (κ3) is 5.10. The first-order chi connectivity index (χ1) is 12.4. The minimum absolute atomic E-state index is 0.227. The normalized spacial score (nSPS) is 11.5. The predicted molar refractivity (Wildman–Crippen MR) is 92.3 cm³/mol. The zero-order chi connectivity index (χ0) is 19.1. The summed E-state index contributed by atoms with van der Waals surface area (Å²) in [6, 6.07) is 7.08. The van der Waals surface area contributed by atoms with Gasteiger partial charge in [0.15, 0.2) is 0 Å². The Morgan fingerprint density at radius 3 is 2.04 bits per heavy atom. The number of nitrogens with one attached hydrogen (secondary N) is 3. The number of hydrogen-bond acceptors (Lipinski definition) is 4. The van der Waals surface area contributed by atoms with E-state index in [0.29, 0.717) is 5.56 Å². The molecule has 2 aromatic rings. The van der Waals surface area contributed by atoms with Crippen LogP contribution in [0.4, 0.5) is 4.39 Å². The molecule has 0 fully saturated rings. The van der Waals surface area contributed by atoms with Crippen LogP contribution < -0.4 is 16.2 Å². The van der Waals surface area contributed by atoms with Gasteiger partial charge in [-0.1, -0.05) is 13.8 Å². The quantitative estimate of drug-likeness (QED) is 0.704. The Morgan fingerprint density at radius 1 is 0.885 bits per heavy atom. The van der Waals surface area contributed by atoms with Crippen LogP contribution in [0, 0.1) is 11.7 Å². The minimum Gasteiger partial charge on any atom is -0.340 e. The van der Waals surface area contributed by atoms with Crippen molar-refractivity contribution in [3.05, 3.63) is 65.7 Å². The van der Waals surface area contributed by atoms with Gasteiger partial charge in [-0.15, -0.1) is 0 Å². The highest BCUT2D eigenvalue weighted by Crippen LogP contribution is 2.06. The largest absolute Gasteiger partial charge is 0.340 e. The van der Waals surface area contributed by atoms with Gasteiger partial charge in [-0.05, 0) is 42.3 Å². The maximum absolute atomic E-state index is 12.9. The van der Waals surface area contributed by atoms with E-state index in [-0.39, 0.29) is 11.5 Å². The van der Waals surface area contributed by atoms with Crippen molar-refractivity contribution >= 4 is 17.7 Å². The van der Waals surface area contributed by atoms with E-state index in [4.69, 9.17) is 0 Å². The van der Waals surface area contributed by atoms with Gasteiger partial charge in [-0.25, -0.2) is 4.39 Å². The van der Waals surface area contributed by atoms with Gasteiger partial charge < -0.3 is 5.32 Å². The highest BCUT2D eigenvalue weighted by atomic mass is 19.1. The second-order valence-corrected chi connectivity index (χ2v) is 5.88. The summed E-state index contributed by atoms with van der Waals surface area (Å²) in [5, 5.41) is 2.58. The Kier molecular flexibility index (Phi) is 6.37. The summed E-state index contributed by atoms with van der Waals surface area (Å²) in [6.07, 6.45) is 2.91. The lowest BCUT2D eigenvalue weighted by molar-refractivity contribution is -0.124. The summed E-state index contributed by atoms with van der Waals surface area (Å²) in [5.74, 6) is -2.29. The molecule has 0 aliphatic heterocycles. The number of nitrogens with zero attached hydrogens (tertiary/aromatic N) is 1. The number of benzene rings is 1. The molecule has 8 heteroatoms. The van der Waals surface area contributed by atoms with Crippen molar-refractivity contribution in [2.24, 2.45) is 5.92 Å². The molecule has 7 nitrogen and oxygen atoms in total. The second-order valence-electron chi connectivity index (χ2n) is 5.88. The van der Waals surface area contributed by atoms with Gasteiger partial charge >= 0.3 is 0 Å². The Morgan fingerprint density at radius 2 is 1.46 bits per heavy atom. The van der Waals surface area contributed by atoms with Crippen LogP contribution in [0.25, 0.3) is 0 Å². The maximum Gasteiger partial charge on any atom is 0.269 e. The number of carbonyl (C=O) groups excluding carboxylic acids is 3. The van der Waals surface area contributed by atoms with Crippen molar-refractivity contribution in [3.63, 3.8) is 0 Å². The third-order valence-electron chi connectivity index (χ3n) is 3.58. The van der Waals surface area contributed by atoms with Crippen molar-refractivity contribution in [2.75, 3.05) is 0 Å². The highest BCUT2D eigenvalue weighted by Gasteiger charge is 2.25. The summed E-state index contributed by atoms with van der Waals surface area (Å²) in [4.78, 5) is 40.3. The summed E-state index contributed by atoms with van der Waals surface area (Å²) >= 11 is 0. The molecule has 0 saturated heterocycles. The molecule has 2 rings (SSSR count). The number of carbonyl (C=O) groups is 3. The Bertz CT molecular complexity index is 779. The predicted octanol–water partition coefficient (Wildman–Crippen LogP) is 1.44. The SMILES string of the molecule is CC(C)[C@H](NC(=O)c1ccc(F)cc1)C(=O)NNC(=O)c1ccncc1. The zero-order valence-electron chi connectivity index (χ0n) is 14.3. The number of aromatic nitrogens is 1. The summed E-state index contributed by atoms with van der Waals surface area (Å²) in [7, 11) is 0. The first-order valence-electron chi connectivity index (χ1n) is 7.95. The molecule has 1 aromatic heterocycles. The second kappa shape index (κ2) is 8.70.